The molecule has 0 bridgehead atoms. The Kier molecular flexibility index (Phi) is 3.80. The normalized spacial score (nSPS) is 15.8. The van der Waals surface area contributed by atoms with E-state index in [1.54, 1.807) is 12.5 Å². The molecule has 0 radical (unpaired) electrons. The van der Waals surface area contributed by atoms with Gasteiger partial charge in [-0.3, -0.25) is 9.89 Å². The number of hydrogen-bond acceptors (Lipinski definition) is 4. The highest BCUT2D eigenvalue weighted by molar-refractivity contribution is 5.99. The fourth-order valence-electron chi connectivity index (χ4n) is 4.45. The maximum absolute atomic E-state index is 12.6. The zero-order valence-electron chi connectivity index (χ0n) is 16.9. The maximum Gasteiger partial charge on any atom is 0.341 e. The molecule has 0 aliphatic carbocycles. The molecule has 3 aromatic heterocycles. The van der Waals surface area contributed by atoms with Crippen LogP contribution in [0.1, 0.15) is 42.7 Å². The van der Waals surface area contributed by atoms with Gasteiger partial charge in [0.05, 0.1) is 17.7 Å². The number of pyridine rings is 1. The van der Waals surface area contributed by atoms with Crippen LogP contribution in [0.5, 0.6) is 0 Å². The number of carboxylic acids is 1. The van der Waals surface area contributed by atoms with Crippen molar-refractivity contribution in [1.82, 2.24) is 14.8 Å². The van der Waals surface area contributed by atoms with E-state index in [9.17, 15) is 14.7 Å². The van der Waals surface area contributed by atoms with Crippen molar-refractivity contribution in [2.45, 2.75) is 33.2 Å². The standard InChI is InChI=1S/C23H21N3O4/c1-23(2,3)20-9-13-12-5-7-30-21(12)15(17-4-6-24-25-17)8-14(13)18-10-19(27)16(22(28)29)11-26(18)20/h4-8,10-11,20H,9H2,1-3H3,(H,24,25)(H,28,29)/t20-/m0/s1. The Hall–Kier alpha value is -3.61. The van der Waals surface area contributed by atoms with Gasteiger partial charge in [0.15, 0.2) is 5.43 Å². The van der Waals surface area contributed by atoms with Crippen molar-refractivity contribution < 1.29 is 14.3 Å². The molecule has 0 spiro atoms. The van der Waals surface area contributed by atoms with Gasteiger partial charge in [0.2, 0.25) is 0 Å². The molecular weight excluding hydrogens is 382 g/mol. The van der Waals surface area contributed by atoms with Crippen LogP contribution in [-0.2, 0) is 6.42 Å². The molecule has 4 heterocycles. The third kappa shape index (κ3) is 2.62. The number of hydrogen-bond donors (Lipinski definition) is 2. The Labute approximate surface area is 172 Å². The van der Waals surface area contributed by atoms with Crippen molar-refractivity contribution in [3.8, 4) is 22.5 Å². The van der Waals surface area contributed by atoms with Gasteiger partial charge in [-0.05, 0) is 35.6 Å². The van der Waals surface area contributed by atoms with Gasteiger partial charge in [-0.2, -0.15) is 5.10 Å². The van der Waals surface area contributed by atoms with Crippen LogP contribution in [0.25, 0.3) is 33.5 Å². The highest BCUT2D eigenvalue weighted by Gasteiger charge is 2.35. The molecule has 30 heavy (non-hydrogen) atoms. The van der Waals surface area contributed by atoms with Crippen molar-refractivity contribution in [2.75, 3.05) is 0 Å². The first-order chi connectivity index (χ1) is 14.3. The summed E-state index contributed by atoms with van der Waals surface area (Å²) in [6.45, 7) is 6.36. The summed E-state index contributed by atoms with van der Waals surface area (Å²) in [7, 11) is 0. The zero-order valence-corrected chi connectivity index (χ0v) is 16.9. The highest BCUT2D eigenvalue weighted by Crippen LogP contribution is 2.46. The van der Waals surface area contributed by atoms with E-state index in [2.05, 4.69) is 31.0 Å². The van der Waals surface area contributed by atoms with E-state index in [0.29, 0.717) is 6.42 Å². The molecule has 4 aromatic rings. The van der Waals surface area contributed by atoms with E-state index < -0.39 is 11.4 Å². The number of fused-ring (bicyclic) bond motifs is 5. The molecule has 1 aliphatic heterocycles. The fraction of sp³-hybridized carbons (Fsp3) is 0.261. The molecule has 7 nitrogen and oxygen atoms in total. The fourth-order valence-corrected chi connectivity index (χ4v) is 4.45. The predicted molar refractivity (Wildman–Crippen MR) is 113 cm³/mol. The number of furan rings is 1. The topological polar surface area (TPSA) is 101 Å². The van der Waals surface area contributed by atoms with Crippen LogP contribution in [-0.4, -0.2) is 25.8 Å². The van der Waals surface area contributed by atoms with Gasteiger partial charge in [-0.15, -0.1) is 0 Å². The minimum absolute atomic E-state index is 0.0187. The van der Waals surface area contributed by atoms with Gasteiger partial charge >= 0.3 is 5.97 Å². The number of nitrogens with one attached hydrogen (secondary N) is 1. The van der Waals surface area contributed by atoms with Crippen molar-refractivity contribution in [1.29, 1.82) is 0 Å². The van der Waals surface area contributed by atoms with Gasteiger partial charge in [0.25, 0.3) is 0 Å². The Morgan fingerprint density at radius 1 is 1.27 bits per heavy atom. The number of nitrogens with zero attached hydrogens (tertiary/aromatic N) is 2. The number of rotatable bonds is 2. The molecule has 0 amide bonds. The van der Waals surface area contributed by atoms with Gasteiger partial charge in [0.1, 0.15) is 11.1 Å². The minimum Gasteiger partial charge on any atom is -0.477 e. The number of carbonyl (C=O) groups is 1. The number of carboxylic acid groups (broad SMARTS) is 1. The monoisotopic (exact) mass is 403 g/mol. The first-order valence-corrected chi connectivity index (χ1v) is 9.78. The average molecular weight is 403 g/mol. The lowest BCUT2D eigenvalue weighted by Gasteiger charge is -2.39. The van der Waals surface area contributed by atoms with E-state index in [-0.39, 0.29) is 17.0 Å². The van der Waals surface area contributed by atoms with E-state index in [0.717, 1.165) is 39.0 Å². The molecule has 152 valence electrons. The van der Waals surface area contributed by atoms with Crippen LogP contribution in [0.15, 0.2) is 52.1 Å². The zero-order chi connectivity index (χ0) is 21.2. The third-order valence-corrected chi connectivity index (χ3v) is 5.96. The molecule has 2 N–H and O–H groups in total. The van der Waals surface area contributed by atoms with Gasteiger partial charge < -0.3 is 14.1 Å². The van der Waals surface area contributed by atoms with E-state index in [1.807, 2.05) is 22.8 Å². The lowest BCUT2D eigenvalue weighted by Crippen LogP contribution is -2.32. The summed E-state index contributed by atoms with van der Waals surface area (Å²) in [6, 6.07) is 7.25. The molecule has 0 fully saturated rings. The summed E-state index contributed by atoms with van der Waals surface area (Å²) in [4.78, 5) is 24.2. The molecular formula is C23H21N3O4. The van der Waals surface area contributed by atoms with E-state index in [1.165, 1.54) is 12.3 Å². The number of aromatic nitrogens is 3. The number of aromatic amines is 1. The first kappa shape index (κ1) is 18.4. The van der Waals surface area contributed by atoms with E-state index in [4.69, 9.17) is 4.42 Å². The van der Waals surface area contributed by atoms with Crippen LogP contribution in [0.2, 0.25) is 0 Å². The number of benzene rings is 1. The second kappa shape index (κ2) is 6.19. The number of H-pyrrole nitrogens is 1. The summed E-state index contributed by atoms with van der Waals surface area (Å²) in [5.74, 6) is -1.21. The Balaban J connectivity index is 1.88. The van der Waals surface area contributed by atoms with Gasteiger partial charge in [-0.25, -0.2) is 4.79 Å². The van der Waals surface area contributed by atoms with Crippen molar-refractivity contribution in [3.05, 3.63) is 64.3 Å². The van der Waals surface area contributed by atoms with Crippen molar-refractivity contribution >= 4 is 16.9 Å². The largest absolute Gasteiger partial charge is 0.477 e. The van der Waals surface area contributed by atoms with Gasteiger partial charge in [0, 0.05) is 41.0 Å². The molecule has 1 aliphatic rings. The maximum atomic E-state index is 12.6. The highest BCUT2D eigenvalue weighted by atomic mass is 16.4. The van der Waals surface area contributed by atoms with Crippen LogP contribution >= 0.6 is 0 Å². The average Bonchev–Trinajstić information content (AvgIpc) is 3.37. The lowest BCUT2D eigenvalue weighted by atomic mass is 9.77. The molecule has 1 aromatic carbocycles. The lowest BCUT2D eigenvalue weighted by molar-refractivity contribution is 0.0693. The summed E-state index contributed by atoms with van der Waals surface area (Å²) in [6.07, 6.45) is 5.55. The summed E-state index contributed by atoms with van der Waals surface area (Å²) < 4.78 is 7.78. The Bertz CT molecular complexity index is 1350. The molecule has 5 rings (SSSR count). The minimum atomic E-state index is -1.21. The number of aromatic carboxylic acids is 1. The van der Waals surface area contributed by atoms with Gasteiger partial charge in [-0.1, -0.05) is 20.8 Å². The molecule has 7 heteroatoms. The molecule has 0 unspecified atom stereocenters. The SMILES string of the molecule is CC(C)(C)[C@@H]1Cc2c(cc(-c3ccn[nH]3)c3occc23)-c2cc(=O)c(C(=O)O)cn21. The van der Waals surface area contributed by atoms with Crippen LogP contribution in [0.3, 0.4) is 0 Å². The summed E-state index contributed by atoms with van der Waals surface area (Å²) >= 11 is 0. The Morgan fingerprint density at radius 2 is 2.07 bits per heavy atom. The Morgan fingerprint density at radius 3 is 2.73 bits per heavy atom. The molecule has 0 saturated carbocycles. The third-order valence-electron chi connectivity index (χ3n) is 5.96. The van der Waals surface area contributed by atoms with Crippen LogP contribution in [0.4, 0.5) is 0 Å². The second-order valence-electron chi connectivity index (χ2n) is 8.82. The van der Waals surface area contributed by atoms with Crippen LogP contribution < -0.4 is 5.43 Å². The summed E-state index contributed by atoms with van der Waals surface area (Å²) in [5.41, 5.74) is 4.29. The second-order valence-corrected chi connectivity index (χ2v) is 8.82. The predicted octanol–water partition coefficient (Wildman–Crippen LogP) is 4.49. The quantitative estimate of drug-likeness (QED) is 0.513. The van der Waals surface area contributed by atoms with E-state index >= 15 is 0 Å². The molecule has 0 saturated heterocycles. The first-order valence-electron chi connectivity index (χ1n) is 9.78. The van der Waals surface area contributed by atoms with Crippen LogP contribution in [0, 0.1) is 5.41 Å². The smallest absolute Gasteiger partial charge is 0.341 e. The van der Waals surface area contributed by atoms with Crippen molar-refractivity contribution in [2.24, 2.45) is 5.41 Å². The molecule has 1 atom stereocenters. The van der Waals surface area contributed by atoms with Crippen molar-refractivity contribution in [3.63, 3.8) is 0 Å². The summed E-state index contributed by atoms with van der Waals surface area (Å²) in [5, 5.41) is 17.5.